The lowest BCUT2D eigenvalue weighted by atomic mass is 9.77. The van der Waals surface area contributed by atoms with Crippen molar-refractivity contribution in [3.63, 3.8) is 0 Å². The van der Waals surface area contributed by atoms with Crippen molar-refractivity contribution >= 4 is 28.6 Å². The Morgan fingerprint density at radius 3 is 2.38 bits per heavy atom. The predicted octanol–water partition coefficient (Wildman–Crippen LogP) is 6.88. The van der Waals surface area contributed by atoms with Gasteiger partial charge in [-0.1, -0.05) is 0 Å². The average molecular weight is 480 g/mol. The molecule has 0 radical (unpaired) electrons. The van der Waals surface area contributed by atoms with Crippen LogP contribution in [0.25, 0.3) is 5.82 Å². The first kappa shape index (κ1) is 22.2. The van der Waals surface area contributed by atoms with Gasteiger partial charge in [-0.05, 0) is 73.2 Å². The number of nitriles is 1. The Morgan fingerprint density at radius 2 is 1.79 bits per heavy atom. The summed E-state index contributed by atoms with van der Waals surface area (Å²) in [5.74, 6) is 0.0182. The van der Waals surface area contributed by atoms with Crippen molar-refractivity contribution in [1.29, 1.82) is 5.26 Å². The second kappa shape index (κ2) is 8.33. The van der Waals surface area contributed by atoms with Crippen LogP contribution in [0.1, 0.15) is 41.2 Å². The molecule has 34 heavy (non-hydrogen) atoms. The minimum Gasteiger partial charge on any atom is -0.309 e. The third-order valence-electron chi connectivity index (χ3n) is 6.31. The van der Waals surface area contributed by atoms with E-state index in [0.29, 0.717) is 41.9 Å². The molecule has 0 saturated carbocycles. The van der Waals surface area contributed by atoms with Gasteiger partial charge in [0.25, 0.3) is 0 Å². The number of aromatic nitrogens is 1. The van der Waals surface area contributed by atoms with Gasteiger partial charge >= 0.3 is 6.18 Å². The Balaban J connectivity index is 1.80. The van der Waals surface area contributed by atoms with Crippen LogP contribution in [0.5, 0.6) is 0 Å². The summed E-state index contributed by atoms with van der Waals surface area (Å²) >= 11 is 1.51. The van der Waals surface area contributed by atoms with Gasteiger partial charge in [0.1, 0.15) is 5.82 Å². The highest BCUT2D eigenvalue weighted by Gasteiger charge is 2.42. The van der Waals surface area contributed by atoms with Crippen LogP contribution in [0.4, 0.5) is 18.9 Å². The summed E-state index contributed by atoms with van der Waals surface area (Å²) in [6, 6.07) is 12.9. The number of halogens is 3. The fourth-order valence-corrected chi connectivity index (χ4v) is 5.84. The molecule has 3 aromatic rings. The van der Waals surface area contributed by atoms with E-state index in [0.717, 1.165) is 28.3 Å². The fourth-order valence-electron chi connectivity index (χ4n) is 4.79. The number of anilines is 1. The zero-order valence-corrected chi connectivity index (χ0v) is 19.1. The summed E-state index contributed by atoms with van der Waals surface area (Å²) in [6.07, 6.45) is 0.775. The summed E-state index contributed by atoms with van der Waals surface area (Å²) in [6.45, 7) is 1.96. The lowest BCUT2D eigenvalue weighted by Gasteiger charge is -2.41. The van der Waals surface area contributed by atoms with Crippen LogP contribution >= 0.6 is 11.3 Å². The number of aryl methyl sites for hydroxylation is 1. The van der Waals surface area contributed by atoms with Crippen molar-refractivity contribution < 1.29 is 18.0 Å². The van der Waals surface area contributed by atoms with Crippen molar-refractivity contribution in [3.05, 3.63) is 93.1 Å². The molecule has 0 spiro atoms. The zero-order valence-electron chi connectivity index (χ0n) is 18.3. The van der Waals surface area contributed by atoms with Crippen molar-refractivity contribution in [2.45, 2.75) is 38.3 Å². The third-order valence-corrected chi connectivity index (χ3v) is 7.40. The Labute approximate surface area is 198 Å². The Hall–Kier alpha value is -3.57. The smallest absolute Gasteiger partial charge is 0.309 e. The van der Waals surface area contributed by atoms with E-state index in [1.165, 1.54) is 23.5 Å². The number of carbonyl (C=O) groups is 1. The van der Waals surface area contributed by atoms with E-state index >= 15 is 0 Å². The number of nitrogens with zero attached hydrogens (tertiary/aromatic N) is 3. The van der Waals surface area contributed by atoms with Gasteiger partial charge in [-0.15, -0.1) is 11.3 Å². The molecule has 0 unspecified atom stereocenters. The lowest BCUT2D eigenvalue weighted by Crippen LogP contribution is -2.36. The van der Waals surface area contributed by atoms with Gasteiger partial charge in [-0.3, -0.25) is 9.69 Å². The first-order valence-corrected chi connectivity index (χ1v) is 11.7. The van der Waals surface area contributed by atoms with Crippen LogP contribution in [0.15, 0.2) is 77.1 Å². The third kappa shape index (κ3) is 3.57. The Bertz CT molecular complexity index is 1360. The van der Waals surface area contributed by atoms with E-state index in [9.17, 15) is 23.2 Å². The van der Waals surface area contributed by atoms with Gasteiger partial charge in [0.15, 0.2) is 5.78 Å². The quantitative estimate of drug-likeness (QED) is 0.411. The van der Waals surface area contributed by atoms with Crippen LogP contribution in [-0.2, 0) is 11.0 Å². The lowest BCUT2D eigenvalue weighted by molar-refractivity contribution is -0.137. The second-order valence-electron chi connectivity index (χ2n) is 8.36. The van der Waals surface area contributed by atoms with E-state index in [4.69, 9.17) is 0 Å². The molecule has 1 aliphatic carbocycles. The van der Waals surface area contributed by atoms with Crippen LogP contribution in [0, 0.1) is 18.3 Å². The van der Waals surface area contributed by atoms with Gasteiger partial charge < -0.3 is 4.57 Å². The van der Waals surface area contributed by atoms with E-state index < -0.39 is 17.7 Å². The number of carbonyl (C=O) groups excluding carboxylic acids is 1. The highest BCUT2D eigenvalue weighted by atomic mass is 32.1. The van der Waals surface area contributed by atoms with Crippen LogP contribution in [0.3, 0.4) is 0 Å². The molecular formula is C26H20F3N3OS. The zero-order chi connectivity index (χ0) is 24.0. The number of hydrogen-bond acceptors (Lipinski definition) is 4. The first-order valence-electron chi connectivity index (χ1n) is 10.9. The molecule has 8 heteroatoms. The van der Waals surface area contributed by atoms with E-state index in [-0.39, 0.29) is 5.78 Å². The molecule has 1 aliphatic heterocycles. The summed E-state index contributed by atoms with van der Waals surface area (Å²) in [7, 11) is 0. The molecule has 4 nitrogen and oxygen atoms in total. The number of ketones is 1. The first-order chi connectivity index (χ1) is 16.3. The van der Waals surface area contributed by atoms with Gasteiger partial charge in [0.05, 0.1) is 23.1 Å². The number of rotatable bonds is 3. The van der Waals surface area contributed by atoms with Crippen LogP contribution in [0.2, 0.25) is 0 Å². The maximum Gasteiger partial charge on any atom is 0.416 e. The second-order valence-corrected chi connectivity index (χ2v) is 9.31. The summed E-state index contributed by atoms with van der Waals surface area (Å²) in [4.78, 5) is 16.0. The van der Waals surface area contributed by atoms with E-state index in [1.807, 2.05) is 30.5 Å². The van der Waals surface area contributed by atoms with Gasteiger partial charge in [-0.2, -0.15) is 18.4 Å². The summed E-state index contributed by atoms with van der Waals surface area (Å²) < 4.78 is 41.5. The Kier molecular flexibility index (Phi) is 5.45. The summed E-state index contributed by atoms with van der Waals surface area (Å²) in [5.41, 5.74) is 2.45. The molecular weight excluding hydrogens is 459 g/mol. The average Bonchev–Trinajstić information content (AvgIpc) is 3.49. The molecule has 1 atom stereocenters. The Morgan fingerprint density at radius 1 is 1.09 bits per heavy atom. The molecule has 2 aromatic heterocycles. The van der Waals surface area contributed by atoms with E-state index in [1.54, 1.807) is 21.9 Å². The van der Waals surface area contributed by atoms with Crippen molar-refractivity contribution in [3.8, 4) is 6.07 Å². The number of benzene rings is 1. The molecule has 2 aliphatic rings. The van der Waals surface area contributed by atoms with Crippen molar-refractivity contribution in [2.24, 2.45) is 0 Å². The standard InChI is InChI=1S/C26H20F3N3OS/c1-16-11-14-34-24(16)22-19(15-30)25(31-12-2-3-13-31)32(20-5-4-6-21(33)23(20)22)18-9-7-17(8-10-18)26(27,28)29/h2-3,7-14,22H,4-6H2,1H3/t22-/m1/s1. The molecule has 0 fully saturated rings. The van der Waals surface area contributed by atoms with Crippen LogP contribution < -0.4 is 4.90 Å². The molecule has 5 rings (SSSR count). The van der Waals surface area contributed by atoms with E-state index in [2.05, 4.69) is 6.07 Å². The van der Waals surface area contributed by atoms with Gasteiger partial charge in [-0.25, -0.2) is 0 Å². The number of Topliss-reactive ketones (excluding diaryl/α,β-unsaturated/α-hetero) is 1. The largest absolute Gasteiger partial charge is 0.416 e. The van der Waals surface area contributed by atoms with Gasteiger partial charge in [0, 0.05) is 40.6 Å². The fraction of sp³-hybridized carbons (Fsp3) is 0.231. The molecule has 3 heterocycles. The highest BCUT2D eigenvalue weighted by Crippen LogP contribution is 2.50. The maximum atomic E-state index is 13.3. The molecule has 172 valence electrons. The van der Waals surface area contributed by atoms with Gasteiger partial charge in [0.2, 0.25) is 0 Å². The number of allylic oxidation sites excluding steroid dienone is 3. The molecule has 0 saturated heterocycles. The monoisotopic (exact) mass is 479 g/mol. The molecule has 1 aromatic carbocycles. The topological polar surface area (TPSA) is 49.0 Å². The molecule has 0 N–H and O–H groups in total. The maximum absolute atomic E-state index is 13.3. The van der Waals surface area contributed by atoms with Crippen molar-refractivity contribution in [2.75, 3.05) is 4.90 Å². The van der Waals surface area contributed by atoms with Crippen molar-refractivity contribution in [1.82, 2.24) is 4.57 Å². The minimum atomic E-state index is -4.45. The SMILES string of the molecule is Cc1ccsc1[C@@H]1C(C#N)=C(n2cccc2)N(c2ccc(C(F)(F)F)cc2)C2=C1C(=O)CCC2. The number of alkyl halides is 3. The predicted molar refractivity (Wildman–Crippen MR) is 125 cm³/mol. The van der Waals surface area contributed by atoms with Crippen LogP contribution in [-0.4, -0.2) is 10.4 Å². The molecule has 0 amide bonds. The highest BCUT2D eigenvalue weighted by molar-refractivity contribution is 7.10. The summed E-state index contributed by atoms with van der Waals surface area (Å²) in [5, 5.41) is 12.3. The minimum absolute atomic E-state index is 0.0183. The normalized spacial score (nSPS) is 18.9. The number of hydrogen-bond donors (Lipinski definition) is 0. The molecule has 0 bridgehead atoms. The number of thiophene rings is 1.